The summed E-state index contributed by atoms with van der Waals surface area (Å²) >= 11 is 3.22. The normalized spacial score (nSPS) is 19.0. The predicted octanol–water partition coefficient (Wildman–Crippen LogP) is 2.63. The number of carbonyl (C=O) groups excluding carboxylic acids is 1. The summed E-state index contributed by atoms with van der Waals surface area (Å²) < 4.78 is 11.7. The Kier molecular flexibility index (Phi) is 4.47. The van der Waals surface area contributed by atoms with Crippen LogP contribution in [-0.4, -0.2) is 45.8 Å². The number of ether oxygens (including phenoxy) is 2. The number of likely N-dealkylation sites (tertiary alicyclic amines) is 1. The second kappa shape index (κ2) is 5.95. The van der Waals surface area contributed by atoms with Gasteiger partial charge in [-0.05, 0) is 36.7 Å². The predicted molar refractivity (Wildman–Crippen MR) is 76.6 cm³/mol. The molecule has 1 amide bonds. The highest BCUT2D eigenvalue weighted by Crippen LogP contribution is 2.19. The third-order valence-corrected chi connectivity index (χ3v) is 3.09. The van der Waals surface area contributed by atoms with Crippen LogP contribution in [0.15, 0.2) is 17.0 Å². The van der Waals surface area contributed by atoms with E-state index in [0.29, 0.717) is 23.6 Å². The van der Waals surface area contributed by atoms with Gasteiger partial charge in [-0.25, -0.2) is 14.8 Å². The van der Waals surface area contributed by atoms with Crippen molar-refractivity contribution in [3.63, 3.8) is 0 Å². The Hall–Kier alpha value is -1.37. The molecule has 0 N–H and O–H groups in total. The molecule has 0 aromatic carbocycles. The van der Waals surface area contributed by atoms with E-state index in [1.165, 1.54) is 0 Å². The molecular formula is C13H18BrN3O3. The van der Waals surface area contributed by atoms with Gasteiger partial charge in [-0.3, -0.25) is 0 Å². The molecule has 1 aliphatic heterocycles. The van der Waals surface area contributed by atoms with Crippen LogP contribution < -0.4 is 4.74 Å². The third-order valence-electron chi connectivity index (χ3n) is 2.68. The maximum absolute atomic E-state index is 11.9. The zero-order valence-electron chi connectivity index (χ0n) is 11.8. The van der Waals surface area contributed by atoms with Crippen molar-refractivity contribution >= 4 is 22.0 Å². The minimum Gasteiger partial charge on any atom is -0.471 e. The fraction of sp³-hybridized carbons (Fsp3) is 0.615. The first-order valence-electron chi connectivity index (χ1n) is 6.45. The third kappa shape index (κ3) is 4.33. The van der Waals surface area contributed by atoms with Crippen LogP contribution >= 0.6 is 15.9 Å². The van der Waals surface area contributed by atoms with Gasteiger partial charge in [-0.2, -0.15) is 0 Å². The lowest BCUT2D eigenvalue weighted by Gasteiger charge is -2.24. The molecule has 0 radical (unpaired) electrons. The Morgan fingerprint density at radius 1 is 1.40 bits per heavy atom. The molecule has 0 spiro atoms. The quantitative estimate of drug-likeness (QED) is 0.825. The van der Waals surface area contributed by atoms with Gasteiger partial charge in [0.05, 0.1) is 18.9 Å². The second-order valence-corrected chi connectivity index (χ2v) is 6.44. The van der Waals surface area contributed by atoms with E-state index in [1.807, 2.05) is 20.8 Å². The molecule has 1 aromatic rings. The Bertz CT molecular complexity index is 473. The zero-order chi connectivity index (χ0) is 14.8. The number of nitrogens with zero attached hydrogens (tertiary/aromatic N) is 3. The lowest BCUT2D eigenvalue weighted by Crippen LogP contribution is -2.36. The van der Waals surface area contributed by atoms with Crippen molar-refractivity contribution in [1.82, 2.24) is 14.9 Å². The molecule has 0 saturated carbocycles. The summed E-state index contributed by atoms with van der Waals surface area (Å²) in [5, 5.41) is 0. The zero-order valence-corrected chi connectivity index (χ0v) is 13.4. The minimum absolute atomic E-state index is 0.0713. The maximum Gasteiger partial charge on any atom is 0.410 e. The van der Waals surface area contributed by atoms with Crippen LogP contribution in [0.1, 0.15) is 27.2 Å². The van der Waals surface area contributed by atoms with Gasteiger partial charge in [0.15, 0.2) is 0 Å². The molecule has 1 aromatic heterocycles. The number of halogens is 1. The van der Waals surface area contributed by atoms with E-state index in [0.717, 1.165) is 6.42 Å². The highest BCUT2D eigenvalue weighted by molar-refractivity contribution is 9.10. The fourth-order valence-electron chi connectivity index (χ4n) is 1.85. The number of rotatable bonds is 2. The molecule has 1 unspecified atom stereocenters. The van der Waals surface area contributed by atoms with Gasteiger partial charge >= 0.3 is 6.09 Å². The van der Waals surface area contributed by atoms with Crippen molar-refractivity contribution in [2.45, 2.75) is 38.9 Å². The molecule has 1 aliphatic rings. The van der Waals surface area contributed by atoms with Gasteiger partial charge in [-0.15, -0.1) is 0 Å². The van der Waals surface area contributed by atoms with Crippen molar-refractivity contribution in [3.8, 4) is 5.88 Å². The molecular weight excluding hydrogens is 326 g/mol. The average Bonchev–Trinajstić information content (AvgIpc) is 2.79. The van der Waals surface area contributed by atoms with Crippen LogP contribution in [0.4, 0.5) is 4.79 Å². The molecule has 1 saturated heterocycles. The van der Waals surface area contributed by atoms with E-state index < -0.39 is 5.60 Å². The standard InChI is InChI=1S/C13H18BrN3O3/c1-13(2,3)20-12(18)17-5-4-9(8-17)19-11-7-15-10(14)6-16-11/h6-7,9H,4-5,8H2,1-3H3. The van der Waals surface area contributed by atoms with Crippen molar-refractivity contribution < 1.29 is 14.3 Å². The van der Waals surface area contributed by atoms with Gasteiger partial charge < -0.3 is 14.4 Å². The van der Waals surface area contributed by atoms with Gasteiger partial charge in [0.1, 0.15) is 16.3 Å². The van der Waals surface area contributed by atoms with E-state index in [1.54, 1.807) is 17.3 Å². The highest BCUT2D eigenvalue weighted by atomic mass is 79.9. The molecule has 7 heteroatoms. The molecule has 6 nitrogen and oxygen atoms in total. The van der Waals surface area contributed by atoms with E-state index >= 15 is 0 Å². The van der Waals surface area contributed by atoms with Gasteiger partial charge in [0, 0.05) is 13.0 Å². The Morgan fingerprint density at radius 3 is 2.75 bits per heavy atom. The number of carbonyl (C=O) groups is 1. The van der Waals surface area contributed by atoms with Gasteiger partial charge in [-0.1, -0.05) is 0 Å². The largest absolute Gasteiger partial charge is 0.471 e. The van der Waals surface area contributed by atoms with Crippen LogP contribution in [-0.2, 0) is 4.74 Å². The summed E-state index contributed by atoms with van der Waals surface area (Å²) in [7, 11) is 0. The molecule has 1 atom stereocenters. The summed E-state index contributed by atoms with van der Waals surface area (Å²) in [6.45, 7) is 6.70. The number of aromatic nitrogens is 2. The fourth-order valence-corrected chi connectivity index (χ4v) is 2.05. The summed E-state index contributed by atoms with van der Waals surface area (Å²) in [6, 6.07) is 0. The van der Waals surface area contributed by atoms with Gasteiger partial charge in [0.2, 0.25) is 5.88 Å². The van der Waals surface area contributed by atoms with Crippen molar-refractivity contribution in [3.05, 3.63) is 17.0 Å². The monoisotopic (exact) mass is 343 g/mol. The summed E-state index contributed by atoms with van der Waals surface area (Å²) in [4.78, 5) is 21.7. The smallest absolute Gasteiger partial charge is 0.410 e. The van der Waals surface area contributed by atoms with Crippen molar-refractivity contribution in [1.29, 1.82) is 0 Å². The molecule has 0 aliphatic carbocycles. The van der Waals surface area contributed by atoms with Crippen LogP contribution in [0, 0.1) is 0 Å². The average molecular weight is 344 g/mol. The van der Waals surface area contributed by atoms with E-state index in [4.69, 9.17) is 9.47 Å². The molecule has 1 fully saturated rings. The SMILES string of the molecule is CC(C)(C)OC(=O)N1CCC(Oc2cnc(Br)cn2)C1. The number of hydrogen-bond donors (Lipinski definition) is 0. The van der Waals surface area contributed by atoms with E-state index in [2.05, 4.69) is 25.9 Å². The van der Waals surface area contributed by atoms with E-state index in [9.17, 15) is 4.79 Å². The topological polar surface area (TPSA) is 64.5 Å². The van der Waals surface area contributed by atoms with Crippen LogP contribution in [0.25, 0.3) is 0 Å². The molecule has 110 valence electrons. The lowest BCUT2D eigenvalue weighted by molar-refractivity contribution is 0.0275. The molecule has 20 heavy (non-hydrogen) atoms. The van der Waals surface area contributed by atoms with Crippen LogP contribution in [0.2, 0.25) is 0 Å². The van der Waals surface area contributed by atoms with Crippen LogP contribution in [0.3, 0.4) is 0 Å². The lowest BCUT2D eigenvalue weighted by atomic mass is 10.2. The Morgan fingerprint density at radius 2 is 2.15 bits per heavy atom. The maximum atomic E-state index is 11.9. The highest BCUT2D eigenvalue weighted by Gasteiger charge is 2.31. The number of amides is 1. The van der Waals surface area contributed by atoms with E-state index in [-0.39, 0.29) is 12.2 Å². The molecule has 2 heterocycles. The first kappa shape index (κ1) is 15.0. The summed E-state index contributed by atoms with van der Waals surface area (Å²) in [5.41, 5.74) is -0.479. The summed E-state index contributed by atoms with van der Waals surface area (Å²) in [5.74, 6) is 0.462. The molecule has 0 bridgehead atoms. The Balaban J connectivity index is 1.86. The van der Waals surface area contributed by atoms with Crippen molar-refractivity contribution in [2.75, 3.05) is 13.1 Å². The Labute approximate surface area is 126 Å². The first-order chi connectivity index (χ1) is 9.33. The minimum atomic E-state index is -0.479. The molecule has 2 rings (SSSR count). The van der Waals surface area contributed by atoms with Crippen LogP contribution in [0.5, 0.6) is 5.88 Å². The number of hydrogen-bond acceptors (Lipinski definition) is 5. The van der Waals surface area contributed by atoms with Crippen molar-refractivity contribution in [2.24, 2.45) is 0 Å². The summed E-state index contributed by atoms with van der Waals surface area (Å²) in [6.07, 6.45) is 3.52. The first-order valence-corrected chi connectivity index (χ1v) is 7.25. The van der Waals surface area contributed by atoms with Gasteiger partial charge in [0.25, 0.3) is 0 Å². The second-order valence-electron chi connectivity index (χ2n) is 5.63.